The molecule has 1 aliphatic carbocycles. The Balaban J connectivity index is 2.12. The molecule has 1 aromatic carbocycles. The third-order valence-electron chi connectivity index (χ3n) is 2.75. The van der Waals surface area contributed by atoms with Gasteiger partial charge in [0.25, 0.3) is 0 Å². The van der Waals surface area contributed by atoms with E-state index in [2.05, 4.69) is 21.2 Å². The zero-order chi connectivity index (χ0) is 10.8. The highest BCUT2D eigenvalue weighted by Crippen LogP contribution is 2.29. The molecule has 0 heterocycles. The van der Waals surface area contributed by atoms with Gasteiger partial charge in [0.2, 0.25) is 0 Å². The Labute approximate surface area is 103 Å². The maximum Gasteiger partial charge on any atom is 0.0741 e. The number of benzene rings is 1. The maximum atomic E-state index is 9.70. The summed E-state index contributed by atoms with van der Waals surface area (Å²) in [5, 5.41) is 13.7. The lowest BCUT2D eigenvalue weighted by Gasteiger charge is -2.18. The summed E-state index contributed by atoms with van der Waals surface area (Å²) in [7, 11) is 0. The summed E-state index contributed by atoms with van der Waals surface area (Å²) in [6.07, 6.45) is 2.74. The summed E-state index contributed by atoms with van der Waals surface area (Å²) in [5.74, 6) is 0. The summed E-state index contributed by atoms with van der Waals surface area (Å²) in [4.78, 5) is 0. The second-order valence-electron chi connectivity index (χ2n) is 3.87. The second kappa shape index (κ2) is 4.73. The Bertz CT molecular complexity index is 358. The average Bonchev–Trinajstić information content (AvgIpc) is 2.58. The van der Waals surface area contributed by atoms with Crippen LogP contribution in [-0.2, 0) is 0 Å². The zero-order valence-electron chi connectivity index (χ0n) is 8.21. The number of anilines is 1. The number of halogens is 2. The molecule has 2 unspecified atom stereocenters. The quantitative estimate of drug-likeness (QED) is 0.874. The van der Waals surface area contributed by atoms with Crippen molar-refractivity contribution in [2.45, 2.75) is 31.4 Å². The first-order chi connectivity index (χ1) is 7.16. The molecule has 0 aromatic heterocycles. The highest BCUT2D eigenvalue weighted by Gasteiger charge is 2.25. The van der Waals surface area contributed by atoms with Crippen LogP contribution < -0.4 is 5.32 Å². The van der Waals surface area contributed by atoms with Crippen LogP contribution in [0.4, 0.5) is 5.69 Å². The fourth-order valence-corrected chi connectivity index (χ4v) is 2.45. The molecule has 0 saturated heterocycles. The van der Waals surface area contributed by atoms with Crippen LogP contribution in [0.25, 0.3) is 0 Å². The molecule has 1 aliphatic rings. The lowest BCUT2D eigenvalue weighted by molar-refractivity contribution is 0.172. The molecule has 82 valence electrons. The first-order valence-electron chi connectivity index (χ1n) is 5.06. The van der Waals surface area contributed by atoms with Gasteiger partial charge in [-0.15, -0.1) is 0 Å². The molecule has 0 radical (unpaired) electrons. The highest BCUT2D eigenvalue weighted by atomic mass is 79.9. The van der Waals surface area contributed by atoms with E-state index >= 15 is 0 Å². The minimum Gasteiger partial charge on any atom is -0.391 e. The van der Waals surface area contributed by atoms with Crippen LogP contribution in [0.5, 0.6) is 0 Å². The molecule has 0 bridgehead atoms. The van der Waals surface area contributed by atoms with E-state index in [1.165, 1.54) is 0 Å². The largest absolute Gasteiger partial charge is 0.391 e. The van der Waals surface area contributed by atoms with Gasteiger partial charge in [0, 0.05) is 9.50 Å². The van der Waals surface area contributed by atoms with Gasteiger partial charge in [0.1, 0.15) is 0 Å². The van der Waals surface area contributed by atoms with Crippen molar-refractivity contribution in [2.75, 3.05) is 5.32 Å². The minimum absolute atomic E-state index is 0.153. The van der Waals surface area contributed by atoms with E-state index < -0.39 is 0 Å². The summed E-state index contributed by atoms with van der Waals surface area (Å²) < 4.78 is 0.978. The predicted molar refractivity (Wildman–Crippen MR) is 66.4 cm³/mol. The van der Waals surface area contributed by atoms with Gasteiger partial charge in [-0.2, -0.15) is 0 Å². The molecule has 4 heteroatoms. The van der Waals surface area contributed by atoms with Crippen molar-refractivity contribution in [1.82, 2.24) is 0 Å². The number of hydrogen-bond donors (Lipinski definition) is 2. The van der Waals surface area contributed by atoms with Gasteiger partial charge in [-0.25, -0.2) is 0 Å². The molecule has 1 aromatic rings. The smallest absolute Gasteiger partial charge is 0.0741 e. The summed E-state index contributed by atoms with van der Waals surface area (Å²) >= 11 is 9.37. The Hall–Kier alpha value is -0.250. The van der Waals surface area contributed by atoms with Gasteiger partial charge in [-0.1, -0.05) is 11.6 Å². The fourth-order valence-electron chi connectivity index (χ4n) is 1.92. The van der Waals surface area contributed by atoms with Crippen LogP contribution in [0.1, 0.15) is 19.3 Å². The van der Waals surface area contributed by atoms with Crippen LogP contribution in [0, 0.1) is 0 Å². The van der Waals surface area contributed by atoms with Gasteiger partial charge in [0.15, 0.2) is 0 Å². The van der Waals surface area contributed by atoms with E-state index in [9.17, 15) is 5.11 Å². The zero-order valence-corrected chi connectivity index (χ0v) is 10.6. The number of hydrogen-bond acceptors (Lipinski definition) is 2. The van der Waals surface area contributed by atoms with Crippen LogP contribution in [0.3, 0.4) is 0 Å². The van der Waals surface area contributed by atoms with Gasteiger partial charge in [0.05, 0.1) is 17.8 Å². The number of rotatable bonds is 2. The van der Waals surface area contributed by atoms with Gasteiger partial charge < -0.3 is 10.4 Å². The van der Waals surface area contributed by atoms with Crippen LogP contribution in [0.15, 0.2) is 22.7 Å². The van der Waals surface area contributed by atoms with Crippen molar-refractivity contribution in [3.63, 3.8) is 0 Å². The minimum atomic E-state index is -0.240. The monoisotopic (exact) mass is 289 g/mol. The summed E-state index contributed by atoms with van der Waals surface area (Å²) in [6.45, 7) is 0. The van der Waals surface area contributed by atoms with Gasteiger partial charge >= 0.3 is 0 Å². The number of aliphatic hydroxyl groups is 1. The van der Waals surface area contributed by atoms with Gasteiger partial charge in [-0.3, -0.25) is 0 Å². The Kier molecular flexibility index (Phi) is 3.54. The van der Waals surface area contributed by atoms with E-state index in [1.807, 2.05) is 18.2 Å². The van der Waals surface area contributed by atoms with Crippen LogP contribution in [0.2, 0.25) is 5.02 Å². The van der Waals surface area contributed by atoms with Crippen molar-refractivity contribution in [3.05, 3.63) is 27.7 Å². The normalized spacial score (nSPS) is 25.5. The number of aliphatic hydroxyl groups excluding tert-OH is 1. The van der Waals surface area contributed by atoms with Crippen molar-refractivity contribution < 1.29 is 5.11 Å². The lowest BCUT2D eigenvalue weighted by Crippen LogP contribution is -2.27. The molecule has 0 aliphatic heterocycles. The summed E-state index contributed by atoms with van der Waals surface area (Å²) in [6, 6.07) is 5.77. The molecule has 0 spiro atoms. The molecule has 1 saturated carbocycles. The Morgan fingerprint density at radius 2 is 2.20 bits per heavy atom. The van der Waals surface area contributed by atoms with Crippen LogP contribution in [-0.4, -0.2) is 17.3 Å². The highest BCUT2D eigenvalue weighted by molar-refractivity contribution is 9.10. The second-order valence-corrected chi connectivity index (χ2v) is 5.16. The van der Waals surface area contributed by atoms with Crippen molar-refractivity contribution in [1.29, 1.82) is 0 Å². The lowest BCUT2D eigenvalue weighted by atomic mass is 10.2. The molecule has 2 N–H and O–H groups in total. The topological polar surface area (TPSA) is 32.3 Å². The fraction of sp³-hybridized carbons (Fsp3) is 0.455. The molecule has 0 amide bonds. The molecule has 1 fully saturated rings. The van der Waals surface area contributed by atoms with Crippen molar-refractivity contribution in [3.8, 4) is 0 Å². The molecule has 2 atom stereocenters. The first-order valence-corrected chi connectivity index (χ1v) is 6.23. The third kappa shape index (κ3) is 2.65. The number of nitrogens with one attached hydrogen (secondary N) is 1. The molecule has 2 nitrogen and oxygen atoms in total. The summed E-state index contributed by atoms with van der Waals surface area (Å²) in [5.41, 5.74) is 0.952. The Morgan fingerprint density at radius 1 is 1.40 bits per heavy atom. The molecule has 2 rings (SSSR count). The van der Waals surface area contributed by atoms with E-state index in [0.29, 0.717) is 5.02 Å². The third-order valence-corrected chi connectivity index (χ3v) is 3.68. The van der Waals surface area contributed by atoms with Crippen molar-refractivity contribution in [2.24, 2.45) is 0 Å². The van der Waals surface area contributed by atoms with E-state index in [-0.39, 0.29) is 12.1 Å². The first kappa shape index (κ1) is 11.2. The van der Waals surface area contributed by atoms with E-state index in [1.54, 1.807) is 0 Å². The van der Waals surface area contributed by atoms with E-state index in [4.69, 9.17) is 11.6 Å². The molecular formula is C11H13BrClNO. The van der Waals surface area contributed by atoms with Crippen molar-refractivity contribution >= 4 is 33.2 Å². The standard InChI is InChI=1S/C11H13BrClNO/c12-8-5-4-7(13)6-10(8)14-9-2-1-3-11(9)15/h4-6,9,11,14-15H,1-3H2. The molecular weight excluding hydrogens is 277 g/mol. The van der Waals surface area contributed by atoms with Crippen LogP contribution >= 0.6 is 27.5 Å². The average molecular weight is 291 g/mol. The SMILES string of the molecule is OC1CCCC1Nc1cc(Cl)ccc1Br. The van der Waals surface area contributed by atoms with Gasteiger partial charge in [-0.05, 0) is 53.4 Å². The maximum absolute atomic E-state index is 9.70. The van der Waals surface area contributed by atoms with E-state index in [0.717, 1.165) is 29.4 Å². The molecule has 15 heavy (non-hydrogen) atoms. The predicted octanol–water partition coefficient (Wildman–Crippen LogP) is 3.43. The Morgan fingerprint density at radius 3 is 2.87 bits per heavy atom.